The van der Waals surface area contributed by atoms with E-state index in [1.807, 2.05) is 36.4 Å². The zero-order chi connectivity index (χ0) is 24.3. The van der Waals surface area contributed by atoms with Crippen LogP contribution in [-0.2, 0) is 16.2 Å². The van der Waals surface area contributed by atoms with Gasteiger partial charge in [-0.05, 0) is 29.8 Å². The molecule has 0 heterocycles. The van der Waals surface area contributed by atoms with Gasteiger partial charge in [0.15, 0.2) is 0 Å². The lowest BCUT2D eigenvalue weighted by molar-refractivity contribution is -0.137. The maximum absolute atomic E-state index is 14.6. The van der Waals surface area contributed by atoms with Crippen molar-refractivity contribution in [2.45, 2.75) is 18.9 Å². The third-order valence-corrected chi connectivity index (χ3v) is 4.92. The van der Waals surface area contributed by atoms with Gasteiger partial charge in [-0.2, -0.15) is 5.26 Å². The Morgan fingerprint density at radius 2 is 1.76 bits per heavy atom. The first-order valence-electron chi connectivity index (χ1n) is 10.4. The first-order valence-corrected chi connectivity index (χ1v) is 10.4. The van der Waals surface area contributed by atoms with Crippen LogP contribution in [0.3, 0.4) is 0 Å². The number of nitriles is 1. The van der Waals surface area contributed by atoms with Crippen molar-refractivity contribution in [2.75, 3.05) is 13.7 Å². The van der Waals surface area contributed by atoms with Crippen molar-refractivity contribution in [3.63, 3.8) is 0 Å². The molecule has 1 atom stereocenters. The van der Waals surface area contributed by atoms with Gasteiger partial charge in [-0.25, -0.2) is 4.39 Å². The normalized spacial score (nSPS) is 11.9. The van der Waals surface area contributed by atoms with Crippen LogP contribution in [-0.4, -0.2) is 30.5 Å². The van der Waals surface area contributed by atoms with Gasteiger partial charge >= 0.3 is 5.97 Å². The number of oxime groups is 1. The van der Waals surface area contributed by atoms with E-state index in [-0.39, 0.29) is 19.6 Å². The van der Waals surface area contributed by atoms with Gasteiger partial charge in [0.05, 0.1) is 18.4 Å². The van der Waals surface area contributed by atoms with Crippen molar-refractivity contribution >= 4 is 11.7 Å². The largest absolute Gasteiger partial charge is 0.489 e. The quantitative estimate of drug-likeness (QED) is 0.321. The maximum Gasteiger partial charge on any atom is 0.305 e. The zero-order valence-electron chi connectivity index (χ0n) is 18.5. The van der Waals surface area contributed by atoms with Gasteiger partial charge in [0.25, 0.3) is 0 Å². The Hall–Kier alpha value is -4.38. The fourth-order valence-electron chi connectivity index (χ4n) is 3.16. The summed E-state index contributed by atoms with van der Waals surface area (Å²) in [5.74, 6) is -1.46. The lowest BCUT2D eigenvalue weighted by atomic mass is 9.97. The molecule has 174 valence electrons. The number of halogens is 1. The minimum absolute atomic E-state index is 0.0112. The number of hydrogen-bond acceptors (Lipinski definition) is 6. The summed E-state index contributed by atoms with van der Waals surface area (Å²) in [6.07, 6.45) is -0.277. The van der Waals surface area contributed by atoms with Gasteiger partial charge in [0.1, 0.15) is 43.4 Å². The number of nitrogens with zero attached hydrogens (tertiary/aromatic N) is 2. The Kier molecular flexibility index (Phi) is 8.58. The second-order valence-electron chi connectivity index (χ2n) is 7.27. The average Bonchev–Trinajstić information content (AvgIpc) is 2.85. The van der Waals surface area contributed by atoms with Crippen molar-refractivity contribution in [1.29, 1.82) is 5.26 Å². The molecule has 0 aliphatic carbocycles. The Bertz CT molecular complexity index is 1170. The third-order valence-electron chi connectivity index (χ3n) is 4.92. The van der Waals surface area contributed by atoms with Crippen molar-refractivity contribution < 1.29 is 28.6 Å². The molecule has 0 aromatic heterocycles. The molecule has 3 rings (SSSR count). The molecule has 0 saturated heterocycles. The second-order valence-corrected chi connectivity index (χ2v) is 7.27. The number of carboxylic acids is 1. The molecule has 0 aliphatic heterocycles. The monoisotopic (exact) mass is 462 g/mol. The smallest absolute Gasteiger partial charge is 0.305 e. The van der Waals surface area contributed by atoms with E-state index in [4.69, 9.17) is 24.7 Å². The predicted octanol–water partition coefficient (Wildman–Crippen LogP) is 4.92. The molecule has 0 fully saturated rings. The number of hydrogen-bond donors (Lipinski definition) is 1. The van der Waals surface area contributed by atoms with Crippen LogP contribution in [0.25, 0.3) is 0 Å². The third kappa shape index (κ3) is 6.81. The average molecular weight is 462 g/mol. The molecule has 0 bridgehead atoms. The highest BCUT2D eigenvalue weighted by atomic mass is 19.1. The van der Waals surface area contributed by atoms with Crippen LogP contribution < -0.4 is 9.47 Å². The van der Waals surface area contributed by atoms with Gasteiger partial charge in [0, 0.05) is 17.2 Å². The number of benzene rings is 3. The molecule has 3 aromatic rings. The number of carboxylic acid groups (broad SMARTS) is 1. The molecule has 0 spiro atoms. The molecule has 0 saturated carbocycles. The first-order chi connectivity index (χ1) is 16.5. The summed E-state index contributed by atoms with van der Waals surface area (Å²) < 4.78 is 25.9. The minimum Gasteiger partial charge on any atom is -0.489 e. The van der Waals surface area contributed by atoms with Crippen LogP contribution in [0.15, 0.2) is 78.0 Å². The van der Waals surface area contributed by atoms with E-state index >= 15 is 0 Å². The van der Waals surface area contributed by atoms with E-state index in [9.17, 15) is 9.18 Å². The highest BCUT2D eigenvalue weighted by Crippen LogP contribution is 2.23. The van der Waals surface area contributed by atoms with E-state index in [1.54, 1.807) is 36.4 Å². The summed E-state index contributed by atoms with van der Waals surface area (Å²) in [6, 6.07) is 22.4. The van der Waals surface area contributed by atoms with E-state index in [1.165, 1.54) is 13.2 Å². The Morgan fingerprint density at radius 1 is 1.06 bits per heavy atom. The lowest BCUT2D eigenvalue weighted by Crippen LogP contribution is -2.13. The summed E-state index contributed by atoms with van der Waals surface area (Å²) >= 11 is 0. The fraction of sp³-hybridized carbons (Fsp3) is 0.192. The molecule has 7 nitrogen and oxygen atoms in total. The Morgan fingerprint density at radius 3 is 2.38 bits per heavy atom. The van der Waals surface area contributed by atoms with Crippen LogP contribution in [0.2, 0.25) is 0 Å². The molecule has 0 aliphatic rings. The summed E-state index contributed by atoms with van der Waals surface area (Å²) in [7, 11) is 1.45. The van der Waals surface area contributed by atoms with Gasteiger partial charge in [0.2, 0.25) is 0 Å². The fourth-order valence-corrected chi connectivity index (χ4v) is 3.16. The van der Waals surface area contributed by atoms with E-state index in [2.05, 4.69) is 5.16 Å². The first kappa shape index (κ1) is 24.3. The van der Waals surface area contributed by atoms with Crippen LogP contribution in [0.5, 0.6) is 11.5 Å². The number of rotatable bonds is 11. The minimum atomic E-state index is -1.04. The highest BCUT2D eigenvalue weighted by Gasteiger charge is 2.15. The molecular formula is C26H23FN2O5. The topological polar surface area (TPSA) is 101 Å². The Balaban J connectivity index is 1.58. The lowest BCUT2D eigenvalue weighted by Gasteiger charge is -2.12. The molecule has 1 unspecified atom stereocenters. The number of aliphatic carboxylic acids is 1. The molecular weight excluding hydrogens is 439 g/mol. The summed E-state index contributed by atoms with van der Waals surface area (Å²) in [6.45, 7) is 0.0910. The predicted molar refractivity (Wildman–Crippen MR) is 123 cm³/mol. The van der Waals surface area contributed by atoms with Crippen LogP contribution in [0.1, 0.15) is 29.0 Å². The SMILES string of the molecule is CO/N=C(\COc1ccc(COc2ccc(C(C#N)CC(=O)O)cc2)c(F)c1)c1ccccc1. The van der Waals surface area contributed by atoms with Crippen LogP contribution in [0.4, 0.5) is 4.39 Å². The Labute approximate surface area is 196 Å². The van der Waals surface area contributed by atoms with E-state index in [0.717, 1.165) is 5.56 Å². The van der Waals surface area contributed by atoms with Gasteiger partial charge in [-0.3, -0.25) is 4.79 Å². The molecule has 34 heavy (non-hydrogen) atoms. The van der Waals surface area contributed by atoms with Crippen molar-refractivity contribution in [3.05, 3.63) is 95.3 Å². The van der Waals surface area contributed by atoms with Crippen molar-refractivity contribution in [2.24, 2.45) is 5.16 Å². The van der Waals surface area contributed by atoms with Gasteiger partial charge in [-0.1, -0.05) is 47.6 Å². The molecule has 0 amide bonds. The summed E-state index contributed by atoms with van der Waals surface area (Å²) in [4.78, 5) is 15.7. The van der Waals surface area contributed by atoms with Crippen molar-refractivity contribution in [3.8, 4) is 17.6 Å². The van der Waals surface area contributed by atoms with E-state index < -0.39 is 17.7 Å². The zero-order valence-corrected chi connectivity index (χ0v) is 18.5. The van der Waals surface area contributed by atoms with E-state index in [0.29, 0.717) is 28.3 Å². The molecule has 1 N–H and O–H groups in total. The number of carbonyl (C=O) groups is 1. The molecule has 0 radical (unpaired) electrons. The second kappa shape index (κ2) is 12.0. The van der Waals surface area contributed by atoms with Crippen LogP contribution in [0, 0.1) is 17.1 Å². The summed E-state index contributed by atoms with van der Waals surface area (Å²) in [5.41, 5.74) is 2.33. The molecule has 8 heteroatoms. The van der Waals surface area contributed by atoms with Gasteiger partial charge in [-0.15, -0.1) is 0 Å². The number of ether oxygens (including phenoxy) is 2. The standard InChI is InChI=1S/C26H23FN2O5/c1-32-29-25(19-5-3-2-4-6-19)17-34-23-12-9-20(24(27)14-23)16-33-22-10-7-18(8-11-22)21(15-28)13-26(30)31/h2-12,14,21H,13,16-17H2,1H3,(H,30,31)/b29-25+. The van der Waals surface area contributed by atoms with Crippen LogP contribution >= 0.6 is 0 Å². The highest BCUT2D eigenvalue weighted by molar-refractivity contribution is 6.01. The van der Waals surface area contributed by atoms with Crippen molar-refractivity contribution in [1.82, 2.24) is 0 Å². The molecule has 3 aromatic carbocycles. The maximum atomic E-state index is 14.6. The summed E-state index contributed by atoms with van der Waals surface area (Å²) in [5, 5.41) is 22.0. The van der Waals surface area contributed by atoms with Gasteiger partial charge < -0.3 is 19.4 Å².